The Bertz CT molecular complexity index is 116. The van der Waals surface area contributed by atoms with E-state index in [4.69, 9.17) is 4.65 Å². The molecule has 1 atom stereocenters. The molecule has 2 nitrogen and oxygen atoms in total. The van der Waals surface area contributed by atoms with Crippen LogP contribution in [0.3, 0.4) is 0 Å². The third-order valence-electron chi connectivity index (χ3n) is 1.65. The summed E-state index contributed by atoms with van der Waals surface area (Å²) in [6.45, 7) is 0. The van der Waals surface area contributed by atoms with Crippen LogP contribution in [0.4, 0.5) is 0 Å². The summed E-state index contributed by atoms with van der Waals surface area (Å²) in [4.78, 5) is 0. The van der Waals surface area contributed by atoms with Crippen molar-refractivity contribution < 1.29 is 4.65 Å². The highest BCUT2D eigenvalue weighted by atomic mass is 16.4. The van der Waals surface area contributed by atoms with Crippen molar-refractivity contribution in [2.45, 2.75) is 25.3 Å². The molecule has 55 valence electrons. The van der Waals surface area contributed by atoms with Crippen molar-refractivity contribution in [1.29, 1.82) is 0 Å². The molecule has 1 aliphatic rings. The van der Waals surface area contributed by atoms with Crippen LogP contribution in [-0.2, 0) is 4.65 Å². The van der Waals surface area contributed by atoms with Crippen LogP contribution in [0.15, 0.2) is 12.2 Å². The highest BCUT2D eigenvalue weighted by Gasteiger charge is 2.06. The van der Waals surface area contributed by atoms with E-state index >= 15 is 0 Å². The Kier molecular flexibility index (Phi) is 3.54. The zero-order valence-electron chi connectivity index (χ0n) is 6.34. The van der Waals surface area contributed by atoms with Crippen LogP contribution < -0.4 is 5.23 Å². The van der Waals surface area contributed by atoms with Crippen molar-refractivity contribution in [3.63, 3.8) is 0 Å². The molecule has 0 bridgehead atoms. The van der Waals surface area contributed by atoms with Crippen molar-refractivity contribution in [2.24, 2.45) is 0 Å². The molecule has 0 aromatic heterocycles. The van der Waals surface area contributed by atoms with Crippen LogP contribution in [-0.4, -0.2) is 20.8 Å². The van der Waals surface area contributed by atoms with Crippen LogP contribution in [0.2, 0.25) is 0 Å². The first-order valence-electron chi connectivity index (χ1n) is 3.70. The first-order valence-corrected chi connectivity index (χ1v) is 3.70. The second-order valence-corrected chi connectivity index (χ2v) is 2.49. The Morgan fingerprint density at radius 3 is 3.20 bits per heavy atom. The van der Waals surface area contributed by atoms with Crippen molar-refractivity contribution in [3.8, 4) is 0 Å². The monoisotopic (exact) mass is 138 g/mol. The molecule has 0 saturated heterocycles. The van der Waals surface area contributed by atoms with Gasteiger partial charge in [-0.05, 0) is 19.3 Å². The predicted octanol–water partition coefficient (Wildman–Crippen LogP) is 0.865. The average molecular weight is 138 g/mol. The molecule has 0 aromatic carbocycles. The van der Waals surface area contributed by atoms with Gasteiger partial charge in [0.05, 0.1) is 0 Å². The van der Waals surface area contributed by atoms with E-state index in [9.17, 15) is 0 Å². The van der Waals surface area contributed by atoms with Gasteiger partial charge in [0.2, 0.25) is 0 Å². The highest BCUT2D eigenvalue weighted by Crippen LogP contribution is 2.09. The highest BCUT2D eigenvalue weighted by molar-refractivity contribution is 6.23. The summed E-state index contributed by atoms with van der Waals surface area (Å²) < 4.78 is 4.77. The minimum absolute atomic E-state index is 0.494. The number of hydrogen-bond acceptors (Lipinski definition) is 2. The third-order valence-corrected chi connectivity index (χ3v) is 1.65. The standard InChI is InChI=1S/C7H13BNO/c1-10-8-9-7-5-3-2-4-6-7/h3,5,7,9H,2,4,6H2,1H3/t7-/m0/s1. The fourth-order valence-electron chi connectivity index (χ4n) is 1.11. The van der Waals surface area contributed by atoms with E-state index in [0.717, 1.165) is 0 Å². The minimum atomic E-state index is 0.494. The second kappa shape index (κ2) is 4.53. The largest absolute Gasteiger partial charge is 0.427 e. The molecule has 0 spiro atoms. The first kappa shape index (κ1) is 7.83. The average Bonchev–Trinajstić information content (AvgIpc) is 2.03. The lowest BCUT2D eigenvalue weighted by Gasteiger charge is -2.16. The number of hydrogen-bond donors (Lipinski definition) is 1. The summed E-state index contributed by atoms with van der Waals surface area (Å²) in [7, 11) is 3.29. The molecule has 1 radical (unpaired) electrons. The van der Waals surface area contributed by atoms with Crippen LogP contribution in [0, 0.1) is 0 Å². The quantitative estimate of drug-likeness (QED) is 0.461. The van der Waals surface area contributed by atoms with Crippen molar-refractivity contribution in [2.75, 3.05) is 7.11 Å². The molecule has 0 aromatic rings. The molecule has 10 heavy (non-hydrogen) atoms. The fourth-order valence-corrected chi connectivity index (χ4v) is 1.11. The van der Waals surface area contributed by atoms with E-state index in [1.54, 1.807) is 14.7 Å². The molecule has 3 heteroatoms. The Morgan fingerprint density at radius 2 is 2.60 bits per heavy atom. The van der Waals surface area contributed by atoms with E-state index in [0.29, 0.717) is 6.04 Å². The summed E-state index contributed by atoms with van der Waals surface area (Å²) in [5.41, 5.74) is 0. The molecule has 0 unspecified atom stereocenters. The van der Waals surface area contributed by atoms with Gasteiger partial charge in [0.1, 0.15) is 0 Å². The van der Waals surface area contributed by atoms with E-state index < -0.39 is 0 Å². The smallest absolute Gasteiger partial charge is 0.396 e. The van der Waals surface area contributed by atoms with Gasteiger partial charge in [0.15, 0.2) is 0 Å². The number of nitrogens with one attached hydrogen (secondary N) is 1. The minimum Gasteiger partial charge on any atom is -0.427 e. The van der Waals surface area contributed by atoms with Crippen LogP contribution in [0.1, 0.15) is 19.3 Å². The van der Waals surface area contributed by atoms with Gasteiger partial charge in [-0.2, -0.15) is 0 Å². The summed E-state index contributed by atoms with van der Waals surface area (Å²) >= 11 is 0. The van der Waals surface area contributed by atoms with Crippen molar-refractivity contribution in [1.82, 2.24) is 5.23 Å². The summed E-state index contributed by atoms with van der Waals surface area (Å²) in [6.07, 6.45) is 8.14. The third kappa shape index (κ3) is 2.54. The lowest BCUT2D eigenvalue weighted by molar-refractivity contribution is 0.422. The second-order valence-electron chi connectivity index (χ2n) is 2.49. The van der Waals surface area contributed by atoms with Crippen molar-refractivity contribution >= 4 is 7.62 Å². The molecule has 0 amide bonds. The molecule has 0 fully saturated rings. The lowest BCUT2D eigenvalue weighted by atomic mass is 10.0. The molecule has 0 aliphatic heterocycles. The Labute approximate surface area is 62.9 Å². The predicted molar refractivity (Wildman–Crippen MR) is 42.7 cm³/mol. The summed E-state index contributed by atoms with van der Waals surface area (Å²) in [5.74, 6) is 0. The zero-order chi connectivity index (χ0) is 7.23. The summed E-state index contributed by atoms with van der Waals surface area (Å²) in [6, 6.07) is 0.494. The number of allylic oxidation sites excluding steroid dienone is 1. The lowest BCUT2D eigenvalue weighted by Crippen LogP contribution is -2.32. The molecule has 0 saturated carbocycles. The van der Waals surface area contributed by atoms with Crippen LogP contribution in [0.25, 0.3) is 0 Å². The SMILES string of the molecule is CO[B]N[C@H]1C=CCCC1. The van der Waals surface area contributed by atoms with Gasteiger partial charge in [-0.15, -0.1) is 0 Å². The van der Waals surface area contributed by atoms with E-state index in [-0.39, 0.29) is 0 Å². The molecule has 1 N–H and O–H groups in total. The maximum absolute atomic E-state index is 4.77. The van der Waals surface area contributed by atoms with Gasteiger partial charge in [-0.25, -0.2) is 0 Å². The van der Waals surface area contributed by atoms with Gasteiger partial charge in [-0.1, -0.05) is 12.2 Å². The topological polar surface area (TPSA) is 21.3 Å². The van der Waals surface area contributed by atoms with Gasteiger partial charge in [-0.3, -0.25) is 0 Å². The first-order chi connectivity index (χ1) is 4.93. The van der Waals surface area contributed by atoms with E-state index in [2.05, 4.69) is 17.4 Å². The molecule has 1 aliphatic carbocycles. The maximum Gasteiger partial charge on any atom is 0.396 e. The van der Waals surface area contributed by atoms with Crippen LogP contribution >= 0.6 is 0 Å². The molecular formula is C7H13BNO. The Morgan fingerprint density at radius 1 is 1.70 bits per heavy atom. The fraction of sp³-hybridized carbons (Fsp3) is 0.714. The molecule has 0 heterocycles. The Hall–Kier alpha value is -0.275. The maximum atomic E-state index is 4.77. The van der Waals surface area contributed by atoms with E-state index in [1.165, 1.54) is 19.3 Å². The van der Waals surface area contributed by atoms with Gasteiger partial charge < -0.3 is 9.88 Å². The van der Waals surface area contributed by atoms with Crippen LogP contribution in [0.5, 0.6) is 0 Å². The zero-order valence-corrected chi connectivity index (χ0v) is 6.34. The summed E-state index contributed by atoms with van der Waals surface area (Å²) in [5, 5.41) is 3.14. The van der Waals surface area contributed by atoms with Gasteiger partial charge in [0.25, 0.3) is 0 Å². The Balaban J connectivity index is 2.13. The van der Waals surface area contributed by atoms with Gasteiger partial charge >= 0.3 is 7.62 Å². The normalized spacial score (nSPS) is 24.7. The molecular weight excluding hydrogens is 125 g/mol. The van der Waals surface area contributed by atoms with Crippen molar-refractivity contribution in [3.05, 3.63) is 12.2 Å². The van der Waals surface area contributed by atoms with E-state index in [1.807, 2.05) is 0 Å². The molecule has 1 rings (SSSR count). The van der Waals surface area contributed by atoms with Gasteiger partial charge in [0, 0.05) is 13.2 Å². The number of rotatable bonds is 3.